The van der Waals surface area contributed by atoms with E-state index in [1.165, 1.54) is 24.3 Å². The quantitative estimate of drug-likeness (QED) is 0.540. The molecule has 4 rings (SSSR count). The molecule has 0 radical (unpaired) electrons. The zero-order chi connectivity index (χ0) is 20.2. The number of benzene rings is 2. The number of aromatic nitrogens is 3. The molecule has 0 spiro atoms. The summed E-state index contributed by atoms with van der Waals surface area (Å²) in [4.78, 5) is 16.6. The van der Waals surface area contributed by atoms with Crippen molar-refractivity contribution in [3.8, 4) is 23.0 Å². The Kier molecular flexibility index (Phi) is 5.15. The van der Waals surface area contributed by atoms with Crippen LogP contribution in [0.25, 0.3) is 23.0 Å². The van der Waals surface area contributed by atoms with E-state index >= 15 is 0 Å². The van der Waals surface area contributed by atoms with Crippen LogP contribution in [0.5, 0.6) is 0 Å². The van der Waals surface area contributed by atoms with Crippen LogP contribution >= 0.6 is 0 Å². The van der Waals surface area contributed by atoms with Crippen molar-refractivity contribution in [1.82, 2.24) is 20.0 Å². The van der Waals surface area contributed by atoms with Crippen LogP contribution in [0.3, 0.4) is 0 Å². The Bertz CT molecular complexity index is 1120. The second kappa shape index (κ2) is 8.05. The molecule has 0 saturated carbocycles. The predicted molar refractivity (Wildman–Crippen MR) is 101 cm³/mol. The maximum Gasteiger partial charge on any atom is 0.274 e. The van der Waals surface area contributed by atoms with E-state index in [9.17, 15) is 13.6 Å². The Morgan fingerprint density at radius 2 is 1.69 bits per heavy atom. The maximum atomic E-state index is 13.1. The molecule has 0 aliphatic rings. The Hall–Kier alpha value is -3.81. The van der Waals surface area contributed by atoms with Crippen molar-refractivity contribution in [2.45, 2.75) is 13.1 Å². The predicted octanol–water partition coefficient (Wildman–Crippen LogP) is 3.80. The normalized spacial score (nSPS) is 10.8. The van der Waals surface area contributed by atoms with Gasteiger partial charge in [0.2, 0.25) is 11.7 Å². The zero-order valence-corrected chi connectivity index (χ0v) is 15.2. The van der Waals surface area contributed by atoms with E-state index in [1.807, 2.05) is 0 Å². The van der Waals surface area contributed by atoms with Gasteiger partial charge in [0.05, 0.1) is 0 Å². The highest BCUT2D eigenvalue weighted by molar-refractivity contribution is 5.76. The van der Waals surface area contributed by atoms with Crippen LogP contribution in [0, 0.1) is 11.6 Å². The highest BCUT2D eigenvalue weighted by Crippen LogP contribution is 2.23. The van der Waals surface area contributed by atoms with Gasteiger partial charge in [0.15, 0.2) is 0 Å². The minimum absolute atomic E-state index is 0.0534. The summed E-state index contributed by atoms with van der Waals surface area (Å²) >= 11 is 0. The highest BCUT2D eigenvalue weighted by Gasteiger charge is 2.15. The Morgan fingerprint density at radius 1 is 1.00 bits per heavy atom. The fourth-order valence-corrected chi connectivity index (χ4v) is 2.80. The van der Waals surface area contributed by atoms with Crippen molar-refractivity contribution in [3.05, 3.63) is 84.1 Å². The third-order valence-corrected chi connectivity index (χ3v) is 4.29. The molecule has 2 heterocycles. The second-order valence-corrected chi connectivity index (χ2v) is 6.35. The molecule has 0 fully saturated rings. The van der Waals surface area contributed by atoms with Gasteiger partial charge < -0.3 is 14.4 Å². The molecule has 4 aromatic rings. The molecule has 6 nitrogen and oxygen atoms in total. The van der Waals surface area contributed by atoms with Gasteiger partial charge in [-0.25, -0.2) is 8.78 Å². The molecule has 2 aromatic heterocycles. The van der Waals surface area contributed by atoms with Gasteiger partial charge in [0.1, 0.15) is 23.9 Å². The van der Waals surface area contributed by atoms with Gasteiger partial charge in [-0.3, -0.25) is 4.79 Å². The number of hydrogen-bond donors (Lipinski definition) is 1. The first-order valence-corrected chi connectivity index (χ1v) is 8.85. The first-order valence-electron chi connectivity index (χ1n) is 8.85. The third-order valence-electron chi connectivity index (χ3n) is 4.29. The van der Waals surface area contributed by atoms with Crippen molar-refractivity contribution < 1.29 is 18.1 Å². The van der Waals surface area contributed by atoms with E-state index < -0.39 is 0 Å². The van der Waals surface area contributed by atoms with Gasteiger partial charge in [-0.15, -0.1) is 0 Å². The number of rotatable bonds is 6. The van der Waals surface area contributed by atoms with Gasteiger partial charge in [-0.2, -0.15) is 4.98 Å². The second-order valence-electron chi connectivity index (χ2n) is 6.35. The molecular weight excluding hydrogens is 378 g/mol. The third kappa shape index (κ3) is 4.37. The first-order chi connectivity index (χ1) is 14.1. The Labute approximate surface area is 164 Å². The number of hydrogen-bond acceptors (Lipinski definition) is 4. The van der Waals surface area contributed by atoms with E-state index in [-0.39, 0.29) is 30.0 Å². The molecule has 0 aliphatic heterocycles. The average Bonchev–Trinajstić information content (AvgIpc) is 3.37. The summed E-state index contributed by atoms with van der Waals surface area (Å²) in [7, 11) is 0. The summed E-state index contributed by atoms with van der Waals surface area (Å²) in [5.74, 6) is -0.311. The van der Waals surface area contributed by atoms with Crippen LogP contribution in [0.1, 0.15) is 5.56 Å². The van der Waals surface area contributed by atoms with Gasteiger partial charge in [-0.05, 0) is 54.1 Å². The van der Waals surface area contributed by atoms with Gasteiger partial charge in [0, 0.05) is 18.3 Å². The summed E-state index contributed by atoms with van der Waals surface area (Å²) in [5.41, 5.74) is 2.01. The smallest absolute Gasteiger partial charge is 0.274 e. The van der Waals surface area contributed by atoms with Crippen LogP contribution in [0.2, 0.25) is 0 Å². The molecule has 2 aromatic carbocycles. The minimum atomic E-state index is -0.349. The molecule has 0 bridgehead atoms. The van der Waals surface area contributed by atoms with Crippen molar-refractivity contribution in [3.63, 3.8) is 0 Å². The van der Waals surface area contributed by atoms with E-state index in [1.54, 1.807) is 47.2 Å². The van der Waals surface area contributed by atoms with Gasteiger partial charge in [0.25, 0.3) is 5.89 Å². The zero-order valence-electron chi connectivity index (χ0n) is 15.2. The molecular formula is C21H16F2N4O2. The topological polar surface area (TPSA) is 73.0 Å². The number of halogens is 2. The lowest BCUT2D eigenvalue weighted by atomic mass is 10.2. The van der Waals surface area contributed by atoms with Gasteiger partial charge in [-0.1, -0.05) is 17.3 Å². The standard InChI is InChI=1S/C21H16F2N4O2/c22-16-7-3-14(4-8-16)12-24-19(28)13-27-11-1-2-18(27)21-25-20(26-29-21)15-5-9-17(23)10-6-15/h1-11H,12-13H2,(H,24,28). The molecule has 0 saturated heterocycles. The number of carbonyl (C=O) groups is 1. The lowest BCUT2D eigenvalue weighted by Crippen LogP contribution is -2.27. The van der Waals surface area contributed by atoms with E-state index in [4.69, 9.17) is 4.52 Å². The molecule has 1 amide bonds. The van der Waals surface area contributed by atoms with Crippen molar-refractivity contribution in [2.24, 2.45) is 0 Å². The maximum absolute atomic E-state index is 13.1. The lowest BCUT2D eigenvalue weighted by molar-refractivity contribution is -0.121. The summed E-state index contributed by atoms with van der Waals surface area (Å²) < 4.78 is 33.0. The SMILES string of the molecule is O=C(Cn1cccc1-c1nc(-c2ccc(F)cc2)no1)NCc1ccc(F)cc1. The van der Waals surface area contributed by atoms with Crippen LogP contribution in [0.4, 0.5) is 8.78 Å². The highest BCUT2D eigenvalue weighted by atomic mass is 19.1. The minimum Gasteiger partial charge on any atom is -0.350 e. The van der Waals surface area contributed by atoms with Crippen LogP contribution in [0.15, 0.2) is 71.4 Å². The fourth-order valence-electron chi connectivity index (χ4n) is 2.80. The van der Waals surface area contributed by atoms with E-state index in [0.29, 0.717) is 23.6 Å². The summed E-state index contributed by atoms with van der Waals surface area (Å²) in [6.45, 7) is 0.350. The number of nitrogens with one attached hydrogen (secondary N) is 1. The summed E-state index contributed by atoms with van der Waals surface area (Å²) in [6, 6.07) is 15.2. The van der Waals surface area contributed by atoms with Crippen molar-refractivity contribution in [2.75, 3.05) is 0 Å². The lowest BCUT2D eigenvalue weighted by Gasteiger charge is -2.08. The molecule has 29 heavy (non-hydrogen) atoms. The van der Waals surface area contributed by atoms with Crippen LogP contribution in [-0.4, -0.2) is 20.6 Å². The number of nitrogens with zero attached hydrogens (tertiary/aromatic N) is 3. The number of carbonyl (C=O) groups excluding carboxylic acids is 1. The monoisotopic (exact) mass is 394 g/mol. The summed E-state index contributed by atoms with van der Waals surface area (Å²) in [6.07, 6.45) is 1.73. The fraction of sp³-hybridized carbons (Fsp3) is 0.0952. The first kappa shape index (κ1) is 18.5. The molecule has 146 valence electrons. The molecule has 0 aliphatic carbocycles. The molecule has 0 atom stereocenters. The van der Waals surface area contributed by atoms with E-state index in [0.717, 1.165) is 5.56 Å². The van der Waals surface area contributed by atoms with E-state index in [2.05, 4.69) is 15.5 Å². The largest absolute Gasteiger partial charge is 0.350 e. The summed E-state index contributed by atoms with van der Waals surface area (Å²) in [5, 5.41) is 6.71. The average molecular weight is 394 g/mol. The van der Waals surface area contributed by atoms with Crippen LogP contribution in [-0.2, 0) is 17.9 Å². The van der Waals surface area contributed by atoms with Crippen LogP contribution < -0.4 is 5.32 Å². The Balaban J connectivity index is 1.44. The molecule has 8 heteroatoms. The number of amides is 1. The molecule has 0 unspecified atom stereocenters. The molecule has 1 N–H and O–H groups in total. The van der Waals surface area contributed by atoms with Gasteiger partial charge >= 0.3 is 0 Å². The Morgan fingerprint density at radius 3 is 2.41 bits per heavy atom. The van der Waals surface area contributed by atoms with Crippen molar-refractivity contribution in [1.29, 1.82) is 0 Å². The van der Waals surface area contributed by atoms with Crippen molar-refractivity contribution >= 4 is 5.91 Å².